The lowest BCUT2D eigenvalue weighted by Gasteiger charge is -2.10. The van der Waals surface area contributed by atoms with Gasteiger partial charge in [-0.05, 0) is 61.9 Å². The van der Waals surface area contributed by atoms with Crippen LogP contribution in [-0.4, -0.2) is 21.6 Å². The van der Waals surface area contributed by atoms with E-state index in [0.717, 1.165) is 11.1 Å². The number of benzene rings is 2. The van der Waals surface area contributed by atoms with E-state index in [0.29, 0.717) is 17.1 Å². The van der Waals surface area contributed by atoms with Crippen LogP contribution in [0.4, 0.5) is 5.69 Å². The van der Waals surface area contributed by atoms with Crippen molar-refractivity contribution in [1.29, 1.82) is 5.26 Å². The molecule has 1 amide bonds. The molecule has 0 aliphatic carbocycles. The maximum atomic E-state index is 12.6. The molecule has 0 unspecified atom stereocenters. The van der Waals surface area contributed by atoms with Gasteiger partial charge in [0.15, 0.2) is 0 Å². The molecule has 0 spiro atoms. The fourth-order valence-electron chi connectivity index (χ4n) is 2.98. The fourth-order valence-corrected chi connectivity index (χ4v) is 2.98. The normalized spacial score (nSPS) is 11.0. The third kappa shape index (κ3) is 4.42. The molecule has 6 heteroatoms. The SMILES string of the molecule is Cc1ccc(NC(=O)C(C#N)=Cc2cccn2-c2cccc(C(=O)O)c2)c(C)c1. The number of aryl methyl sites for hydroxylation is 2. The average Bonchev–Trinajstić information content (AvgIpc) is 3.16. The summed E-state index contributed by atoms with van der Waals surface area (Å²) >= 11 is 0. The highest BCUT2D eigenvalue weighted by Crippen LogP contribution is 2.19. The van der Waals surface area contributed by atoms with Gasteiger partial charge in [-0.15, -0.1) is 0 Å². The van der Waals surface area contributed by atoms with Crippen molar-refractivity contribution in [2.24, 2.45) is 0 Å². The summed E-state index contributed by atoms with van der Waals surface area (Å²) < 4.78 is 1.72. The molecule has 29 heavy (non-hydrogen) atoms. The van der Waals surface area contributed by atoms with Gasteiger partial charge in [-0.25, -0.2) is 4.79 Å². The maximum Gasteiger partial charge on any atom is 0.335 e. The van der Waals surface area contributed by atoms with Crippen LogP contribution in [0.5, 0.6) is 0 Å². The van der Waals surface area contributed by atoms with E-state index in [1.807, 2.05) is 32.0 Å². The molecule has 2 aromatic carbocycles. The molecule has 3 aromatic rings. The van der Waals surface area contributed by atoms with Crippen molar-refractivity contribution in [3.63, 3.8) is 0 Å². The number of carboxylic acids is 1. The molecule has 2 N–H and O–H groups in total. The van der Waals surface area contributed by atoms with Crippen LogP contribution in [0.25, 0.3) is 11.8 Å². The number of nitrogens with one attached hydrogen (secondary N) is 1. The van der Waals surface area contributed by atoms with E-state index in [2.05, 4.69) is 5.32 Å². The molecule has 0 aliphatic rings. The number of nitrogens with zero attached hydrogens (tertiary/aromatic N) is 2. The predicted octanol–water partition coefficient (Wildman–Crippen LogP) is 4.34. The molecule has 0 atom stereocenters. The average molecular weight is 385 g/mol. The third-order valence-corrected chi connectivity index (χ3v) is 4.44. The van der Waals surface area contributed by atoms with Crippen molar-refractivity contribution >= 4 is 23.6 Å². The van der Waals surface area contributed by atoms with Crippen LogP contribution in [0, 0.1) is 25.2 Å². The lowest BCUT2D eigenvalue weighted by atomic mass is 10.1. The molecular formula is C23H19N3O3. The Kier molecular flexibility index (Phi) is 5.61. The molecule has 1 heterocycles. The van der Waals surface area contributed by atoms with Gasteiger partial charge in [-0.1, -0.05) is 23.8 Å². The van der Waals surface area contributed by atoms with Gasteiger partial charge in [-0.3, -0.25) is 4.79 Å². The van der Waals surface area contributed by atoms with Crippen LogP contribution in [0.1, 0.15) is 27.2 Å². The maximum absolute atomic E-state index is 12.6. The van der Waals surface area contributed by atoms with Crippen LogP contribution in [0.3, 0.4) is 0 Å². The first kappa shape index (κ1) is 19.6. The largest absolute Gasteiger partial charge is 0.478 e. The minimum atomic E-state index is -1.03. The minimum absolute atomic E-state index is 0.0562. The molecule has 6 nitrogen and oxygen atoms in total. The van der Waals surface area contributed by atoms with E-state index in [1.165, 1.54) is 18.2 Å². The Labute approximate surface area is 168 Å². The number of rotatable bonds is 5. The molecule has 0 fully saturated rings. The van der Waals surface area contributed by atoms with Crippen molar-refractivity contribution in [2.75, 3.05) is 5.32 Å². The molecule has 0 saturated heterocycles. The molecular weight excluding hydrogens is 366 g/mol. The fraction of sp³-hybridized carbons (Fsp3) is 0.0870. The lowest BCUT2D eigenvalue weighted by Crippen LogP contribution is -2.14. The van der Waals surface area contributed by atoms with Crippen molar-refractivity contribution in [2.45, 2.75) is 13.8 Å². The van der Waals surface area contributed by atoms with E-state index < -0.39 is 11.9 Å². The number of aromatic carboxylic acids is 1. The number of hydrogen-bond donors (Lipinski definition) is 2. The zero-order valence-electron chi connectivity index (χ0n) is 16.0. The Bertz CT molecular complexity index is 1170. The van der Waals surface area contributed by atoms with Crippen LogP contribution < -0.4 is 5.32 Å². The number of nitriles is 1. The van der Waals surface area contributed by atoms with Gasteiger partial charge in [0, 0.05) is 23.3 Å². The lowest BCUT2D eigenvalue weighted by molar-refractivity contribution is -0.112. The molecule has 1 aromatic heterocycles. The summed E-state index contributed by atoms with van der Waals surface area (Å²) in [5.74, 6) is -1.53. The monoisotopic (exact) mass is 385 g/mol. The number of carboxylic acid groups (broad SMARTS) is 1. The van der Waals surface area contributed by atoms with Gasteiger partial charge in [0.2, 0.25) is 0 Å². The van der Waals surface area contributed by atoms with Gasteiger partial charge < -0.3 is 15.0 Å². The van der Waals surface area contributed by atoms with E-state index in [4.69, 9.17) is 0 Å². The third-order valence-electron chi connectivity index (χ3n) is 4.44. The first-order valence-electron chi connectivity index (χ1n) is 8.90. The predicted molar refractivity (Wildman–Crippen MR) is 111 cm³/mol. The second-order valence-electron chi connectivity index (χ2n) is 6.60. The standard InChI is InChI=1S/C23H19N3O3/c1-15-8-9-21(16(2)11-15)25-22(27)18(14-24)13-20-7-4-10-26(20)19-6-3-5-17(12-19)23(28)29/h3-13H,1-2H3,(H,25,27)(H,28,29). The van der Waals surface area contributed by atoms with E-state index >= 15 is 0 Å². The van der Waals surface area contributed by atoms with E-state index in [9.17, 15) is 20.0 Å². The van der Waals surface area contributed by atoms with Gasteiger partial charge in [0.25, 0.3) is 5.91 Å². The molecule has 3 rings (SSSR count). The van der Waals surface area contributed by atoms with Gasteiger partial charge in [0.1, 0.15) is 11.6 Å². The topological polar surface area (TPSA) is 95.1 Å². The summed E-state index contributed by atoms with van der Waals surface area (Å²) in [7, 11) is 0. The quantitative estimate of drug-likeness (QED) is 0.504. The number of hydrogen-bond acceptors (Lipinski definition) is 3. The van der Waals surface area contributed by atoms with Crippen molar-refractivity contribution in [3.8, 4) is 11.8 Å². The van der Waals surface area contributed by atoms with Crippen LogP contribution in [0.2, 0.25) is 0 Å². The summed E-state index contributed by atoms with van der Waals surface area (Å²) in [5, 5.41) is 21.5. The molecule has 0 aliphatic heterocycles. The molecule has 144 valence electrons. The second-order valence-corrected chi connectivity index (χ2v) is 6.60. The Morgan fingerprint density at radius 2 is 1.90 bits per heavy atom. The smallest absolute Gasteiger partial charge is 0.335 e. The van der Waals surface area contributed by atoms with Crippen LogP contribution >= 0.6 is 0 Å². The summed E-state index contributed by atoms with van der Waals surface area (Å²) in [6, 6.07) is 17.5. The van der Waals surface area contributed by atoms with Crippen LogP contribution in [-0.2, 0) is 4.79 Å². The first-order chi connectivity index (χ1) is 13.9. The van der Waals surface area contributed by atoms with Gasteiger partial charge >= 0.3 is 5.97 Å². The zero-order valence-corrected chi connectivity index (χ0v) is 16.0. The summed E-state index contributed by atoms with van der Waals surface area (Å²) in [6.45, 7) is 3.85. The van der Waals surface area contributed by atoms with E-state index in [1.54, 1.807) is 41.1 Å². The van der Waals surface area contributed by atoms with Crippen LogP contribution in [0.15, 0.2) is 66.4 Å². The molecule has 0 radical (unpaired) electrons. The number of carbonyl (C=O) groups excluding carboxylic acids is 1. The zero-order chi connectivity index (χ0) is 21.0. The number of amides is 1. The Morgan fingerprint density at radius 3 is 2.59 bits per heavy atom. The molecule has 0 saturated carbocycles. The Morgan fingerprint density at radius 1 is 1.10 bits per heavy atom. The number of anilines is 1. The summed E-state index contributed by atoms with van der Waals surface area (Å²) in [5.41, 5.74) is 3.93. The first-order valence-corrected chi connectivity index (χ1v) is 8.90. The Hall–Kier alpha value is -4.11. The summed E-state index contributed by atoms with van der Waals surface area (Å²) in [6.07, 6.45) is 3.22. The highest BCUT2D eigenvalue weighted by atomic mass is 16.4. The molecule has 0 bridgehead atoms. The van der Waals surface area contributed by atoms with E-state index in [-0.39, 0.29) is 11.1 Å². The van der Waals surface area contributed by atoms with Gasteiger partial charge in [-0.2, -0.15) is 5.26 Å². The number of carbonyl (C=O) groups is 2. The van der Waals surface area contributed by atoms with Gasteiger partial charge in [0.05, 0.1) is 5.56 Å². The highest BCUT2D eigenvalue weighted by molar-refractivity contribution is 6.09. The second kappa shape index (κ2) is 8.28. The highest BCUT2D eigenvalue weighted by Gasteiger charge is 2.13. The number of aromatic nitrogens is 1. The van der Waals surface area contributed by atoms with Crippen molar-refractivity contribution in [1.82, 2.24) is 4.57 Å². The van der Waals surface area contributed by atoms with Crippen molar-refractivity contribution in [3.05, 3.63) is 88.8 Å². The summed E-state index contributed by atoms with van der Waals surface area (Å²) in [4.78, 5) is 23.8. The van der Waals surface area contributed by atoms with Crippen molar-refractivity contribution < 1.29 is 14.7 Å². The Balaban J connectivity index is 1.92. The minimum Gasteiger partial charge on any atom is -0.478 e.